The molecule has 0 aliphatic heterocycles. The second-order valence-corrected chi connectivity index (χ2v) is 4.11. The van der Waals surface area contributed by atoms with Crippen LogP contribution in [0.4, 0.5) is 0 Å². The number of hydrogen-bond donors (Lipinski definition) is 1. The van der Waals surface area contributed by atoms with Crippen LogP contribution in [0.3, 0.4) is 0 Å². The van der Waals surface area contributed by atoms with Crippen LogP contribution >= 0.6 is 0 Å². The second-order valence-electron chi connectivity index (χ2n) is 4.11. The molecule has 3 heterocycles. The van der Waals surface area contributed by atoms with Gasteiger partial charge in [-0.3, -0.25) is 9.48 Å². The predicted octanol–water partition coefficient (Wildman–Crippen LogP) is -0.108. The summed E-state index contributed by atoms with van der Waals surface area (Å²) in [5.41, 5.74) is 0.765. The number of aromatic amines is 1. The van der Waals surface area contributed by atoms with Gasteiger partial charge in [0.25, 0.3) is 5.56 Å². The number of nitrogens with zero attached hydrogens (tertiary/aromatic N) is 5. The first-order chi connectivity index (χ1) is 9.78. The lowest BCUT2D eigenvalue weighted by molar-refractivity contribution is 0.158. The predicted molar refractivity (Wildman–Crippen MR) is 66.9 cm³/mol. The van der Waals surface area contributed by atoms with Crippen LogP contribution in [0.1, 0.15) is 11.8 Å². The van der Waals surface area contributed by atoms with Crippen molar-refractivity contribution in [1.82, 2.24) is 29.9 Å². The molecule has 0 saturated heterocycles. The monoisotopic (exact) mass is 276 g/mol. The first-order valence-electron chi connectivity index (χ1n) is 5.97. The number of aromatic nitrogens is 6. The molecular formula is C11H12N6O3. The van der Waals surface area contributed by atoms with E-state index in [9.17, 15) is 4.79 Å². The first-order valence-corrected chi connectivity index (χ1v) is 5.97. The van der Waals surface area contributed by atoms with Crippen molar-refractivity contribution in [1.29, 1.82) is 0 Å². The molecule has 3 aromatic rings. The van der Waals surface area contributed by atoms with Gasteiger partial charge in [-0.2, -0.15) is 5.10 Å². The molecule has 0 aliphatic carbocycles. The molecule has 0 radical (unpaired) electrons. The van der Waals surface area contributed by atoms with Gasteiger partial charge in [-0.15, -0.1) is 10.2 Å². The third-order valence-corrected chi connectivity index (χ3v) is 2.75. The minimum Gasteiger partial charge on any atom is -0.423 e. The zero-order chi connectivity index (χ0) is 13.9. The summed E-state index contributed by atoms with van der Waals surface area (Å²) in [5.74, 6) is 0.897. The Hall–Kier alpha value is -2.55. The van der Waals surface area contributed by atoms with Crippen molar-refractivity contribution in [3.05, 3.63) is 34.7 Å². The van der Waals surface area contributed by atoms with Crippen molar-refractivity contribution in [3.8, 4) is 0 Å². The van der Waals surface area contributed by atoms with Gasteiger partial charge in [0, 0.05) is 13.5 Å². The van der Waals surface area contributed by atoms with Gasteiger partial charge < -0.3 is 14.1 Å². The van der Waals surface area contributed by atoms with Crippen molar-refractivity contribution < 1.29 is 9.15 Å². The molecule has 3 rings (SSSR count). The third kappa shape index (κ3) is 2.30. The summed E-state index contributed by atoms with van der Waals surface area (Å²) in [6.07, 6.45) is 3.38. The van der Waals surface area contributed by atoms with E-state index in [-0.39, 0.29) is 12.2 Å². The number of fused-ring (bicyclic) bond motifs is 1. The highest BCUT2D eigenvalue weighted by atomic mass is 16.5. The first kappa shape index (κ1) is 12.5. The Kier molecular flexibility index (Phi) is 3.25. The highest BCUT2D eigenvalue weighted by Crippen LogP contribution is 2.07. The van der Waals surface area contributed by atoms with Gasteiger partial charge in [0.05, 0.1) is 19.1 Å². The summed E-state index contributed by atoms with van der Waals surface area (Å²) in [5, 5.41) is 11.9. The van der Waals surface area contributed by atoms with Crippen LogP contribution in [0.15, 0.2) is 21.7 Å². The van der Waals surface area contributed by atoms with E-state index in [0.717, 1.165) is 0 Å². The largest absolute Gasteiger partial charge is 0.423 e. The lowest BCUT2D eigenvalue weighted by atomic mass is 10.4. The highest BCUT2D eigenvalue weighted by molar-refractivity contribution is 5.72. The molecule has 0 aliphatic rings. The molecule has 0 saturated carbocycles. The Morgan fingerprint density at radius 2 is 2.25 bits per heavy atom. The summed E-state index contributed by atoms with van der Waals surface area (Å²) in [6.45, 7) is 0.730. The molecule has 9 nitrogen and oxygen atoms in total. The number of ether oxygens (including phenoxy) is 1. The van der Waals surface area contributed by atoms with Crippen molar-refractivity contribution in [2.45, 2.75) is 19.6 Å². The Balaban J connectivity index is 1.78. The molecule has 0 spiro atoms. The van der Waals surface area contributed by atoms with Crippen molar-refractivity contribution in [3.63, 3.8) is 0 Å². The molecule has 3 aromatic heterocycles. The molecule has 0 atom stereocenters. The van der Waals surface area contributed by atoms with E-state index in [0.29, 0.717) is 35.8 Å². The van der Waals surface area contributed by atoms with E-state index in [2.05, 4.69) is 25.3 Å². The summed E-state index contributed by atoms with van der Waals surface area (Å²) < 4.78 is 11.8. The normalized spacial score (nSPS) is 11.2. The van der Waals surface area contributed by atoms with Crippen LogP contribution in [0.5, 0.6) is 0 Å². The number of rotatable bonds is 5. The standard InChI is InChI=1S/C11H12N6O3/c1-19-5-9-16-15-8(20-9)2-3-17-10-7(4-14-17)12-6-13-11(10)18/h4,6H,2-3,5H2,1H3,(H,12,13,18). The molecule has 0 fully saturated rings. The van der Waals surface area contributed by atoms with Gasteiger partial charge in [-0.05, 0) is 0 Å². The van der Waals surface area contributed by atoms with Gasteiger partial charge in [0.1, 0.15) is 12.1 Å². The molecule has 0 aromatic carbocycles. The van der Waals surface area contributed by atoms with Crippen LogP contribution in [-0.2, 0) is 24.3 Å². The summed E-state index contributed by atoms with van der Waals surface area (Å²) in [7, 11) is 1.55. The van der Waals surface area contributed by atoms with Crippen molar-refractivity contribution in [2.75, 3.05) is 7.11 Å². The molecule has 9 heteroatoms. The Labute approximate surface area is 112 Å². The fraction of sp³-hybridized carbons (Fsp3) is 0.364. The van der Waals surface area contributed by atoms with Crippen LogP contribution in [0, 0.1) is 0 Å². The molecule has 0 bridgehead atoms. The van der Waals surface area contributed by atoms with Gasteiger partial charge in [-0.25, -0.2) is 4.98 Å². The average Bonchev–Trinajstić information content (AvgIpc) is 3.04. The molecule has 0 unspecified atom stereocenters. The minimum atomic E-state index is -0.224. The maximum Gasteiger partial charge on any atom is 0.276 e. The van der Waals surface area contributed by atoms with E-state index in [4.69, 9.17) is 9.15 Å². The zero-order valence-corrected chi connectivity index (χ0v) is 10.7. The van der Waals surface area contributed by atoms with Crippen LogP contribution < -0.4 is 5.56 Å². The zero-order valence-electron chi connectivity index (χ0n) is 10.7. The average molecular weight is 276 g/mol. The highest BCUT2D eigenvalue weighted by Gasteiger charge is 2.10. The maximum absolute atomic E-state index is 11.7. The second kappa shape index (κ2) is 5.21. The van der Waals surface area contributed by atoms with Gasteiger partial charge in [0.2, 0.25) is 11.8 Å². The topological polar surface area (TPSA) is 112 Å². The molecular weight excluding hydrogens is 264 g/mol. The lowest BCUT2D eigenvalue weighted by Crippen LogP contribution is -2.13. The molecule has 20 heavy (non-hydrogen) atoms. The van der Waals surface area contributed by atoms with Gasteiger partial charge in [0.15, 0.2) is 5.52 Å². The number of aryl methyl sites for hydroxylation is 2. The molecule has 0 amide bonds. The summed E-state index contributed by atoms with van der Waals surface area (Å²) in [4.78, 5) is 18.3. The van der Waals surface area contributed by atoms with Gasteiger partial charge in [-0.1, -0.05) is 0 Å². The Bertz CT molecular complexity index is 774. The summed E-state index contributed by atoms with van der Waals surface area (Å²) in [6, 6.07) is 0. The number of hydrogen-bond acceptors (Lipinski definition) is 7. The van der Waals surface area contributed by atoms with Crippen molar-refractivity contribution in [2.24, 2.45) is 0 Å². The number of nitrogens with one attached hydrogen (secondary N) is 1. The van der Waals surface area contributed by atoms with Crippen molar-refractivity contribution >= 4 is 11.0 Å². The fourth-order valence-corrected chi connectivity index (χ4v) is 1.87. The third-order valence-electron chi connectivity index (χ3n) is 2.75. The molecule has 1 N–H and O–H groups in total. The van der Waals surface area contributed by atoms with E-state index in [1.807, 2.05) is 0 Å². The smallest absolute Gasteiger partial charge is 0.276 e. The van der Waals surface area contributed by atoms with E-state index < -0.39 is 0 Å². The Morgan fingerprint density at radius 3 is 3.10 bits per heavy atom. The fourth-order valence-electron chi connectivity index (χ4n) is 1.87. The quantitative estimate of drug-likeness (QED) is 0.692. The summed E-state index contributed by atoms with van der Waals surface area (Å²) >= 11 is 0. The van der Waals surface area contributed by atoms with Crippen LogP contribution in [0.2, 0.25) is 0 Å². The van der Waals surface area contributed by atoms with E-state index in [1.54, 1.807) is 18.0 Å². The van der Waals surface area contributed by atoms with Crippen LogP contribution in [-0.4, -0.2) is 37.1 Å². The number of methoxy groups -OCH3 is 1. The van der Waals surface area contributed by atoms with E-state index >= 15 is 0 Å². The molecule has 104 valence electrons. The van der Waals surface area contributed by atoms with Gasteiger partial charge >= 0.3 is 0 Å². The number of H-pyrrole nitrogens is 1. The minimum absolute atomic E-state index is 0.224. The maximum atomic E-state index is 11.7. The van der Waals surface area contributed by atoms with Crippen LogP contribution in [0.25, 0.3) is 11.0 Å². The lowest BCUT2D eigenvalue weighted by Gasteiger charge is -1.99. The SMILES string of the molecule is COCc1nnc(CCn2ncc3nc[nH]c(=O)c32)o1. The Morgan fingerprint density at radius 1 is 1.40 bits per heavy atom. The van der Waals surface area contributed by atoms with E-state index in [1.165, 1.54) is 6.33 Å².